The van der Waals surface area contributed by atoms with Crippen LogP contribution in [-0.2, 0) is 26.2 Å². The summed E-state index contributed by atoms with van der Waals surface area (Å²) in [6.45, 7) is 5.58. The zero-order valence-corrected chi connectivity index (χ0v) is 24.2. The Morgan fingerprint density at radius 3 is 2.00 bits per heavy atom. The van der Waals surface area contributed by atoms with Crippen LogP contribution >= 0.6 is 0 Å². The van der Waals surface area contributed by atoms with E-state index in [1.165, 1.54) is 41.3 Å². The van der Waals surface area contributed by atoms with E-state index >= 15 is 0 Å². The highest BCUT2D eigenvalue weighted by atomic mass is 32.2. The van der Waals surface area contributed by atoms with Crippen molar-refractivity contribution in [2.24, 2.45) is 0 Å². The second-order valence-electron chi connectivity index (χ2n) is 9.26. The summed E-state index contributed by atoms with van der Waals surface area (Å²) in [6, 6.07) is 15.1. The third-order valence-corrected chi connectivity index (χ3v) is 8.11. The SMILES string of the molecule is CCCNC(=O)C(CC)N(Cc1ccc(F)cc1)C(=O)CN(c1ccc(OCC)cc1)S(=O)(=O)c1ccc(F)cc1. The maximum atomic E-state index is 14.0. The van der Waals surface area contributed by atoms with E-state index in [1.54, 1.807) is 19.1 Å². The van der Waals surface area contributed by atoms with Crippen molar-refractivity contribution in [1.29, 1.82) is 0 Å². The van der Waals surface area contributed by atoms with E-state index in [2.05, 4.69) is 5.32 Å². The number of benzene rings is 3. The summed E-state index contributed by atoms with van der Waals surface area (Å²) in [5.41, 5.74) is 0.742. The monoisotopic (exact) mass is 587 g/mol. The van der Waals surface area contributed by atoms with Gasteiger partial charge in [-0.25, -0.2) is 17.2 Å². The average Bonchev–Trinajstić information content (AvgIpc) is 2.96. The number of rotatable bonds is 14. The summed E-state index contributed by atoms with van der Waals surface area (Å²) in [5.74, 6) is -1.57. The lowest BCUT2D eigenvalue weighted by Crippen LogP contribution is -2.52. The summed E-state index contributed by atoms with van der Waals surface area (Å²) < 4.78 is 61.2. The summed E-state index contributed by atoms with van der Waals surface area (Å²) in [6.07, 6.45) is 0.950. The molecule has 2 amide bonds. The quantitative estimate of drug-likeness (QED) is 0.290. The van der Waals surface area contributed by atoms with Crippen LogP contribution in [0, 0.1) is 11.6 Å². The molecule has 1 unspecified atom stereocenters. The molecule has 1 N–H and O–H groups in total. The van der Waals surface area contributed by atoms with Gasteiger partial charge in [-0.05, 0) is 86.0 Å². The number of anilines is 1. The number of ether oxygens (including phenoxy) is 1. The molecule has 3 aromatic rings. The Morgan fingerprint density at radius 1 is 0.878 bits per heavy atom. The molecule has 1 atom stereocenters. The lowest BCUT2D eigenvalue weighted by atomic mass is 10.1. The normalized spacial score (nSPS) is 11.9. The Bertz CT molecular complexity index is 1400. The van der Waals surface area contributed by atoms with E-state index < -0.39 is 40.2 Å². The second-order valence-corrected chi connectivity index (χ2v) is 11.1. The molecule has 0 aliphatic rings. The van der Waals surface area contributed by atoms with Crippen LogP contribution < -0.4 is 14.4 Å². The molecule has 0 saturated carbocycles. The minimum Gasteiger partial charge on any atom is -0.494 e. The number of sulfonamides is 1. The molecule has 0 aromatic heterocycles. The van der Waals surface area contributed by atoms with Crippen molar-refractivity contribution in [2.75, 3.05) is 24.0 Å². The highest BCUT2D eigenvalue weighted by Crippen LogP contribution is 2.27. The predicted molar refractivity (Wildman–Crippen MR) is 153 cm³/mol. The van der Waals surface area contributed by atoms with Crippen molar-refractivity contribution in [3.63, 3.8) is 0 Å². The fourth-order valence-corrected chi connectivity index (χ4v) is 5.62. The van der Waals surface area contributed by atoms with Crippen molar-refractivity contribution in [2.45, 2.75) is 51.1 Å². The fourth-order valence-electron chi connectivity index (χ4n) is 4.21. The molecular formula is C30H35F2N3O5S. The maximum Gasteiger partial charge on any atom is 0.264 e. The smallest absolute Gasteiger partial charge is 0.264 e. The molecule has 0 saturated heterocycles. The average molecular weight is 588 g/mol. The lowest BCUT2D eigenvalue weighted by Gasteiger charge is -2.33. The van der Waals surface area contributed by atoms with Crippen molar-refractivity contribution >= 4 is 27.5 Å². The van der Waals surface area contributed by atoms with Gasteiger partial charge >= 0.3 is 0 Å². The standard InChI is InChI=1S/C30H35F2N3O5S/c1-4-19-33-30(37)28(5-2)34(20-22-7-9-23(31)10-8-22)29(36)21-35(25-13-15-26(16-14-25)40-6-3)41(38,39)27-17-11-24(32)12-18-27/h7-18,28H,4-6,19-21H2,1-3H3,(H,33,37). The van der Waals surface area contributed by atoms with Gasteiger partial charge in [0, 0.05) is 13.1 Å². The first-order valence-corrected chi connectivity index (χ1v) is 14.9. The largest absolute Gasteiger partial charge is 0.494 e. The van der Waals surface area contributed by atoms with Crippen molar-refractivity contribution in [3.05, 3.63) is 90.0 Å². The first kappa shape index (κ1) is 31.5. The molecule has 0 bridgehead atoms. The highest BCUT2D eigenvalue weighted by Gasteiger charge is 2.33. The van der Waals surface area contributed by atoms with E-state index in [0.717, 1.165) is 28.6 Å². The Morgan fingerprint density at radius 2 is 1.46 bits per heavy atom. The summed E-state index contributed by atoms with van der Waals surface area (Å²) in [5, 5.41) is 2.80. The molecular weight excluding hydrogens is 552 g/mol. The van der Waals surface area contributed by atoms with Gasteiger partial charge in [-0.15, -0.1) is 0 Å². The van der Waals surface area contributed by atoms with E-state index in [0.29, 0.717) is 30.9 Å². The van der Waals surface area contributed by atoms with Gasteiger partial charge < -0.3 is 15.0 Å². The minimum atomic E-state index is -4.34. The molecule has 0 radical (unpaired) electrons. The van der Waals surface area contributed by atoms with Gasteiger partial charge in [-0.2, -0.15) is 0 Å². The summed E-state index contributed by atoms with van der Waals surface area (Å²) >= 11 is 0. The number of amides is 2. The van der Waals surface area contributed by atoms with Gasteiger partial charge in [0.25, 0.3) is 10.0 Å². The van der Waals surface area contributed by atoms with Gasteiger partial charge in [0.05, 0.1) is 17.2 Å². The van der Waals surface area contributed by atoms with E-state index in [9.17, 15) is 26.8 Å². The van der Waals surface area contributed by atoms with Crippen LogP contribution in [0.5, 0.6) is 5.75 Å². The van der Waals surface area contributed by atoms with Crippen LogP contribution in [0.15, 0.2) is 77.7 Å². The third kappa shape index (κ3) is 8.26. The Kier molecular flexibility index (Phi) is 11.2. The molecule has 0 aliphatic carbocycles. The molecule has 0 fully saturated rings. The van der Waals surface area contributed by atoms with Crippen molar-refractivity contribution < 1.29 is 31.5 Å². The van der Waals surface area contributed by atoms with Gasteiger partial charge in [0.1, 0.15) is 30.0 Å². The zero-order chi connectivity index (χ0) is 30.0. The molecule has 41 heavy (non-hydrogen) atoms. The van der Waals surface area contributed by atoms with Gasteiger partial charge in [-0.3, -0.25) is 13.9 Å². The van der Waals surface area contributed by atoms with E-state index in [1.807, 2.05) is 13.8 Å². The summed E-state index contributed by atoms with van der Waals surface area (Å²) in [4.78, 5) is 28.1. The lowest BCUT2D eigenvalue weighted by molar-refractivity contribution is -0.140. The Hall–Kier alpha value is -3.99. The first-order chi connectivity index (χ1) is 19.6. The maximum absolute atomic E-state index is 14.0. The molecule has 0 aliphatic heterocycles. The fraction of sp³-hybridized carbons (Fsp3) is 0.333. The Labute approximate surface area is 240 Å². The van der Waals surface area contributed by atoms with Crippen LogP contribution in [0.3, 0.4) is 0 Å². The zero-order valence-electron chi connectivity index (χ0n) is 23.3. The van der Waals surface area contributed by atoms with Crippen molar-refractivity contribution in [3.8, 4) is 5.75 Å². The third-order valence-electron chi connectivity index (χ3n) is 6.32. The minimum absolute atomic E-state index is 0.0507. The van der Waals surface area contributed by atoms with Crippen LogP contribution in [0.1, 0.15) is 39.2 Å². The summed E-state index contributed by atoms with van der Waals surface area (Å²) in [7, 11) is -4.34. The second kappa shape index (κ2) is 14.6. The molecule has 220 valence electrons. The van der Waals surface area contributed by atoms with Crippen LogP contribution in [0.4, 0.5) is 14.5 Å². The molecule has 3 rings (SSSR count). The van der Waals surface area contributed by atoms with Crippen molar-refractivity contribution in [1.82, 2.24) is 10.2 Å². The molecule has 8 nitrogen and oxygen atoms in total. The molecule has 11 heteroatoms. The predicted octanol–water partition coefficient (Wildman–Crippen LogP) is 4.89. The van der Waals surface area contributed by atoms with Crippen LogP contribution in [0.25, 0.3) is 0 Å². The number of carbonyl (C=O) groups is 2. The molecule has 0 spiro atoms. The molecule has 3 aromatic carbocycles. The van der Waals surface area contributed by atoms with E-state index in [-0.39, 0.29) is 29.5 Å². The van der Waals surface area contributed by atoms with Gasteiger partial charge in [0.2, 0.25) is 11.8 Å². The number of hydrogen-bond acceptors (Lipinski definition) is 5. The van der Waals surface area contributed by atoms with Gasteiger partial charge in [0.15, 0.2) is 0 Å². The number of hydrogen-bond donors (Lipinski definition) is 1. The van der Waals surface area contributed by atoms with Crippen LogP contribution in [-0.4, -0.2) is 50.9 Å². The van der Waals surface area contributed by atoms with Crippen LogP contribution in [0.2, 0.25) is 0 Å². The van der Waals surface area contributed by atoms with E-state index in [4.69, 9.17) is 4.74 Å². The number of carbonyl (C=O) groups excluding carboxylic acids is 2. The first-order valence-electron chi connectivity index (χ1n) is 13.4. The number of nitrogens with one attached hydrogen (secondary N) is 1. The number of nitrogens with zero attached hydrogens (tertiary/aromatic N) is 2. The Balaban J connectivity index is 2.04. The highest BCUT2D eigenvalue weighted by molar-refractivity contribution is 7.92. The number of halogens is 2. The van der Waals surface area contributed by atoms with Gasteiger partial charge in [-0.1, -0.05) is 26.0 Å². The topological polar surface area (TPSA) is 96.0 Å². The molecule has 0 heterocycles.